The predicted molar refractivity (Wildman–Crippen MR) is 86.3 cm³/mol. The monoisotopic (exact) mass is 336 g/mol. The molecule has 1 amide bonds. The van der Waals surface area contributed by atoms with Gasteiger partial charge in [-0.2, -0.15) is 0 Å². The highest BCUT2D eigenvalue weighted by Gasteiger charge is 2.16. The predicted octanol–water partition coefficient (Wildman–Crippen LogP) is 2.14. The standard InChI is InChI=1S/C16H20N2O4S/c1-12(2)10-17-16(19)13-5-3-7-15(9-13)23(20,21)18-11-14-6-4-8-22-14/h3-9,12,18H,10-11H2,1-2H3,(H,17,19). The highest BCUT2D eigenvalue weighted by molar-refractivity contribution is 7.89. The normalized spacial score (nSPS) is 11.6. The number of benzene rings is 1. The van der Waals surface area contributed by atoms with Gasteiger partial charge < -0.3 is 9.73 Å². The molecule has 1 aromatic carbocycles. The fourth-order valence-corrected chi connectivity index (χ4v) is 2.90. The molecule has 124 valence electrons. The van der Waals surface area contributed by atoms with Crippen molar-refractivity contribution in [3.63, 3.8) is 0 Å². The smallest absolute Gasteiger partial charge is 0.251 e. The number of nitrogens with one attached hydrogen (secondary N) is 2. The van der Waals surface area contributed by atoms with E-state index in [9.17, 15) is 13.2 Å². The quantitative estimate of drug-likeness (QED) is 0.811. The summed E-state index contributed by atoms with van der Waals surface area (Å²) in [6.07, 6.45) is 1.48. The van der Waals surface area contributed by atoms with Gasteiger partial charge in [0.15, 0.2) is 0 Å². The lowest BCUT2D eigenvalue weighted by Crippen LogP contribution is -2.28. The van der Waals surface area contributed by atoms with Gasteiger partial charge in [-0.05, 0) is 36.2 Å². The van der Waals surface area contributed by atoms with Crippen LogP contribution in [0.2, 0.25) is 0 Å². The molecule has 0 aliphatic heterocycles. The molecule has 2 aromatic rings. The summed E-state index contributed by atoms with van der Waals surface area (Å²) in [7, 11) is -3.71. The van der Waals surface area contributed by atoms with Crippen molar-refractivity contribution in [2.45, 2.75) is 25.3 Å². The third kappa shape index (κ3) is 4.94. The van der Waals surface area contributed by atoms with Gasteiger partial charge in [0.25, 0.3) is 5.91 Å². The van der Waals surface area contributed by atoms with E-state index in [2.05, 4.69) is 10.0 Å². The Morgan fingerprint density at radius 1 is 1.22 bits per heavy atom. The number of hydrogen-bond donors (Lipinski definition) is 2. The lowest BCUT2D eigenvalue weighted by Gasteiger charge is -2.09. The number of amides is 1. The van der Waals surface area contributed by atoms with E-state index in [1.807, 2.05) is 13.8 Å². The minimum atomic E-state index is -3.71. The van der Waals surface area contributed by atoms with Gasteiger partial charge in [-0.25, -0.2) is 13.1 Å². The zero-order valence-corrected chi connectivity index (χ0v) is 13.9. The summed E-state index contributed by atoms with van der Waals surface area (Å²) in [5.41, 5.74) is 0.312. The highest BCUT2D eigenvalue weighted by atomic mass is 32.2. The first-order valence-electron chi connectivity index (χ1n) is 7.29. The minimum Gasteiger partial charge on any atom is -0.468 e. The summed E-state index contributed by atoms with van der Waals surface area (Å²) in [6, 6.07) is 9.30. The molecule has 0 radical (unpaired) electrons. The van der Waals surface area contributed by atoms with Crippen LogP contribution in [0.1, 0.15) is 30.0 Å². The van der Waals surface area contributed by atoms with Crippen LogP contribution >= 0.6 is 0 Å². The van der Waals surface area contributed by atoms with Gasteiger partial charge in [-0.3, -0.25) is 4.79 Å². The van der Waals surface area contributed by atoms with E-state index in [1.54, 1.807) is 24.3 Å². The second-order valence-electron chi connectivity index (χ2n) is 5.54. The summed E-state index contributed by atoms with van der Waals surface area (Å²) in [5.74, 6) is 0.544. The Kier molecular flexibility index (Phi) is 5.57. The Morgan fingerprint density at radius 2 is 2.00 bits per heavy atom. The second kappa shape index (κ2) is 7.43. The summed E-state index contributed by atoms with van der Waals surface area (Å²) < 4.78 is 32.1. The van der Waals surface area contributed by atoms with Crippen LogP contribution in [0.3, 0.4) is 0 Å². The van der Waals surface area contributed by atoms with E-state index in [0.717, 1.165) is 0 Å². The fourth-order valence-electron chi connectivity index (χ4n) is 1.87. The number of rotatable bonds is 7. The molecule has 0 atom stereocenters. The molecule has 0 fully saturated rings. The highest BCUT2D eigenvalue weighted by Crippen LogP contribution is 2.12. The molecule has 2 N–H and O–H groups in total. The first-order valence-corrected chi connectivity index (χ1v) is 8.77. The SMILES string of the molecule is CC(C)CNC(=O)c1cccc(S(=O)(=O)NCc2ccco2)c1. The van der Waals surface area contributed by atoms with E-state index in [4.69, 9.17) is 4.42 Å². The van der Waals surface area contributed by atoms with Crippen LogP contribution in [0.5, 0.6) is 0 Å². The Balaban J connectivity index is 2.09. The molecule has 0 bridgehead atoms. The average molecular weight is 336 g/mol. The number of carbonyl (C=O) groups is 1. The lowest BCUT2D eigenvalue weighted by molar-refractivity contribution is 0.0949. The Bertz CT molecular complexity index is 752. The van der Waals surface area contributed by atoms with Crippen LogP contribution in [0, 0.1) is 5.92 Å². The molecule has 0 aliphatic carbocycles. The molecule has 6 nitrogen and oxygen atoms in total. The van der Waals surface area contributed by atoms with Crippen LogP contribution in [0.25, 0.3) is 0 Å². The van der Waals surface area contributed by atoms with Crippen molar-refractivity contribution in [3.05, 3.63) is 54.0 Å². The number of furan rings is 1. The zero-order chi connectivity index (χ0) is 16.9. The number of sulfonamides is 1. The summed E-state index contributed by atoms with van der Waals surface area (Å²) in [5, 5.41) is 2.76. The fraction of sp³-hybridized carbons (Fsp3) is 0.312. The maximum atomic E-state index is 12.3. The molecule has 2 rings (SSSR count). The van der Waals surface area contributed by atoms with Crippen molar-refractivity contribution in [1.29, 1.82) is 0 Å². The summed E-state index contributed by atoms with van der Waals surface area (Å²) in [4.78, 5) is 12.1. The van der Waals surface area contributed by atoms with Crippen molar-refractivity contribution in [2.75, 3.05) is 6.54 Å². The van der Waals surface area contributed by atoms with Crippen molar-refractivity contribution < 1.29 is 17.6 Å². The first kappa shape index (κ1) is 17.2. The summed E-state index contributed by atoms with van der Waals surface area (Å²) >= 11 is 0. The van der Waals surface area contributed by atoms with Gasteiger partial charge >= 0.3 is 0 Å². The Morgan fingerprint density at radius 3 is 2.65 bits per heavy atom. The molecule has 7 heteroatoms. The third-order valence-corrected chi connectivity index (χ3v) is 4.49. The second-order valence-corrected chi connectivity index (χ2v) is 7.30. The molecule has 0 saturated carbocycles. The molecule has 0 spiro atoms. The maximum absolute atomic E-state index is 12.3. The first-order chi connectivity index (χ1) is 10.9. The van der Waals surface area contributed by atoms with Crippen LogP contribution in [-0.4, -0.2) is 20.9 Å². The molecule has 23 heavy (non-hydrogen) atoms. The van der Waals surface area contributed by atoms with Crippen molar-refractivity contribution in [2.24, 2.45) is 5.92 Å². The van der Waals surface area contributed by atoms with Gasteiger partial charge in [-0.1, -0.05) is 19.9 Å². The van der Waals surface area contributed by atoms with E-state index in [0.29, 0.717) is 23.8 Å². The molecular weight excluding hydrogens is 316 g/mol. The molecule has 1 aromatic heterocycles. The molecule has 0 aliphatic rings. The molecule has 0 unspecified atom stereocenters. The maximum Gasteiger partial charge on any atom is 0.251 e. The lowest BCUT2D eigenvalue weighted by atomic mass is 10.2. The largest absolute Gasteiger partial charge is 0.468 e. The minimum absolute atomic E-state index is 0.0428. The van der Waals surface area contributed by atoms with Crippen LogP contribution in [-0.2, 0) is 16.6 Å². The zero-order valence-electron chi connectivity index (χ0n) is 13.1. The van der Waals surface area contributed by atoms with Crippen LogP contribution < -0.4 is 10.0 Å². The molecule has 0 saturated heterocycles. The van der Waals surface area contributed by atoms with E-state index < -0.39 is 10.0 Å². The summed E-state index contributed by atoms with van der Waals surface area (Å²) in [6.45, 7) is 4.56. The van der Waals surface area contributed by atoms with Crippen molar-refractivity contribution in [3.8, 4) is 0 Å². The van der Waals surface area contributed by atoms with E-state index in [-0.39, 0.29) is 17.3 Å². The van der Waals surface area contributed by atoms with E-state index >= 15 is 0 Å². The molecular formula is C16H20N2O4S. The third-order valence-electron chi connectivity index (χ3n) is 3.09. The average Bonchev–Trinajstić information content (AvgIpc) is 3.04. The van der Waals surface area contributed by atoms with Gasteiger partial charge in [0.05, 0.1) is 17.7 Å². The molecule has 1 heterocycles. The van der Waals surface area contributed by atoms with E-state index in [1.165, 1.54) is 18.4 Å². The Hall–Kier alpha value is -2.12. The topological polar surface area (TPSA) is 88.4 Å². The van der Waals surface area contributed by atoms with Crippen LogP contribution in [0.15, 0.2) is 52.0 Å². The number of carbonyl (C=O) groups excluding carboxylic acids is 1. The van der Waals surface area contributed by atoms with Crippen LogP contribution in [0.4, 0.5) is 0 Å². The van der Waals surface area contributed by atoms with Gasteiger partial charge in [-0.15, -0.1) is 0 Å². The number of hydrogen-bond acceptors (Lipinski definition) is 4. The van der Waals surface area contributed by atoms with Crippen molar-refractivity contribution in [1.82, 2.24) is 10.0 Å². The van der Waals surface area contributed by atoms with Gasteiger partial charge in [0.1, 0.15) is 5.76 Å². The van der Waals surface area contributed by atoms with Gasteiger partial charge in [0, 0.05) is 12.1 Å². The Labute approximate surface area is 135 Å². The van der Waals surface area contributed by atoms with Crippen molar-refractivity contribution >= 4 is 15.9 Å². The van der Waals surface area contributed by atoms with Gasteiger partial charge in [0.2, 0.25) is 10.0 Å².